The highest BCUT2D eigenvalue weighted by Crippen LogP contribution is 2.20. The summed E-state index contributed by atoms with van der Waals surface area (Å²) in [6, 6.07) is 13.9. The molecule has 0 aliphatic rings. The van der Waals surface area contributed by atoms with Crippen LogP contribution in [-0.2, 0) is 4.79 Å². The molecule has 0 spiro atoms. The standard InChI is InChI=1S/C19H20N2O3/c1-3-14(2)16-8-10-17(11-9-16)20-19(22)12-7-15-5-4-6-18(13-15)21(23)24/h4-14H,3H2,1-2H3,(H,20,22)/b12-7+/t14-/m0/s1. The molecule has 5 heteroatoms. The van der Waals surface area contributed by atoms with E-state index in [2.05, 4.69) is 19.2 Å². The van der Waals surface area contributed by atoms with Gasteiger partial charge in [0.2, 0.25) is 5.91 Å². The van der Waals surface area contributed by atoms with Crippen molar-refractivity contribution in [3.8, 4) is 0 Å². The second-order valence-electron chi connectivity index (χ2n) is 5.61. The van der Waals surface area contributed by atoms with E-state index in [1.54, 1.807) is 18.2 Å². The second kappa shape index (κ2) is 8.06. The Kier molecular flexibility index (Phi) is 5.84. The highest BCUT2D eigenvalue weighted by molar-refractivity contribution is 6.01. The first-order valence-electron chi connectivity index (χ1n) is 7.83. The van der Waals surface area contributed by atoms with Crippen LogP contribution >= 0.6 is 0 Å². The van der Waals surface area contributed by atoms with E-state index < -0.39 is 4.92 Å². The minimum atomic E-state index is -0.462. The number of nitro benzene ring substituents is 1. The van der Waals surface area contributed by atoms with Crippen LogP contribution < -0.4 is 5.32 Å². The molecular formula is C19H20N2O3. The lowest BCUT2D eigenvalue weighted by molar-refractivity contribution is -0.384. The van der Waals surface area contributed by atoms with Gasteiger partial charge in [-0.1, -0.05) is 38.1 Å². The van der Waals surface area contributed by atoms with E-state index in [9.17, 15) is 14.9 Å². The number of nitrogens with zero attached hydrogens (tertiary/aromatic N) is 1. The van der Waals surface area contributed by atoms with Gasteiger partial charge in [-0.2, -0.15) is 0 Å². The Morgan fingerprint density at radius 2 is 1.96 bits per heavy atom. The fraction of sp³-hybridized carbons (Fsp3) is 0.211. The Labute approximate surface area is 141 Å². The van der Waals surface area contributed by atoms with E-state index in [1.165, 1.54) is 23.8 Å². The average Bonchev–Trinajstić information content (AvgIpc) is 2.60. The second-order valence-corrected chi connectivity index (χ2v) is 5.61. The molecule has 0 saturated carbocycles. The van der Waals surface area contributed by atoms with Crippen molar-refractivity contribution in [3.63, 3.8) is 0 Å². The largest absolute Gasteiger partial charge is 0.323 e. The number of carbonyl (C=O) groups excluding carboxylic acids is 1. The van der Waals surface area contributed by atoms with Gasteiger partial charge in [0.05, 0.1) is 4.92 Å². The van der Waals surface area contributed by atoms with E-state index in [-0.39, 0.29) is 11.6 Å². The maximum absolute atomic E-state index is 11.9. The lowest BCUT2D eigenvalue weighted by Crippen LogP contribution is -2.07. The van der Waals surface area contributed by atoms with Crippen LogP contribution in [0.5, 0.6) is 0 Å². The summed E-state index contributed by atoms with van der Waals surface area (Å²) in [4.78, 5) is 22.2. The summed E-state index contributed by atoms with van der Waals surface area (Å²) < 4.78 is 0. The lowest BCUT2D eigenvalue weighted by Gasteiger charge is -2.09. The first-order valence-corrected chi connectivity index (χ1v) is 7.83. The fourth-order valence-corrected chi connectivity index (χ4v) is 2.23. The van der Waals surface area contributed by atoms with Gasteiger partial charge >= 0.3 is 0 Å². The van der Waals surface area contributed by atoms with Gasteiger partial charge in [0.15, 0.2) is 0 Å². The van der Waals surface area contributed by atoms with Crippen LogP contribution in [0.2, 0.25) is 0 Å². The van der Waals surface area contributed by atoms with Gasteiger partial charge in [-0.05, 0) is 41.7 Å². The Balaban J connectivity index is 2.00. The third-order valence-electron chi connectivity index (χ3n) is 3.87. The van der Waals surface area contributed by atoms with Crippen molar-refractivity contribution in [2.45, 2.75) is 26.2 Å². The molecule has 1 atom stereocenters. The third-order valence-corrected chi connectivity index (χ3v) is 3.87. The molecule has 124 valence electrons. The molecular weight excluding hydrogens is 304 g/mol. The molecule has 2 rings (SSSR count). The molecule has 0 fully saturated rings. The number of non-ortho nitro benzene ring substituents is 1. The normalized spacial score (nSPS) is 12.1. The number of amides is 1. The number of carbonyl (C=O) groups is 1. The Morgan fingerprint density at radius 1 is 1.25 bits per heavy atom. The van der Waals surface area contributed by atoms with Gasteiger partial charge in [0, 0.05) is 23.9 Å². The molecule has 0 aromatic heterocycles. The zero-order valence-corrected chi connectivity index (χ0v) is 13.7. The highest BCUT2D eigenvalue weighted by Gasteiger charge is 2.05. The fourth-order valence-electron chi connectivity index (χ4n) is 2.23. The summed E-state index contributed by atoms with van der Waals surface area (Å²) in [5, 5.41) is 13.5. The zero-order chi connectivity index (χ0) is 17.5. The predicted molar refractivity (Wildman–Crippen MR) is 95.9 cm³/mol. The number of nitro groups is 1. The summed E-state index contributed by atoms with van der Waals surface area (Å²) >= 11 is 0. The van der Waals surface area contributed by atoms with E-state index >= 15 is 0 Å². The summed E-state index contributed by atoms with van der Waals surface area (Å²) in [7, 11) is 0. The Hall–Kier alpha value is -2.95. The quantitative estimate of drug-likeness (QED) is 0.473. The van der Waals surface area contributed by atoms with Crippen LogP contribution in [0.3, 0.4) is 0 Å². The van der Waals surface area contributed by atoms with Crippen LogP contribution in [0.1, 0.15) is 37.3 Å². The average molecular weight is 324 g/mol. The molecule has 0 heterocycles. The van der Waals surface area contributed by atoms with Crippen molar-refractivity contribution >= 4 is 23.4 Å². The predicted octanol–water partition coefficient (Wildman–Crippen LogP) is 4.76. The first-order chi connectivity index (χ1) is 11.5. The van der Waals surface area contributed by atoms with Gasteiger partial charge in [0.25, 0.3) is 5.69 Å². The molecule has 24 heavy (non-hydrogen) atoms. The number of hydrogen-bond donors (Lipinski definition) is 1. The molecule has 0 saturated heterocycles. The first kappa shape index (κ1) is 17.4. The van der Waals surface area contributed by atoms with Crippen LogP contribution in [0, 0.1) is 10.1 Å². The third kappa shape index (κ3) is 4.78. The molecule has 5 nitrogen and oxygen atoms in total. The van der Waals surface area contributed by atoms with Gasteiger partial charge in [-0.15, -0.1) is 0 Å². The molecule has 1 amide bonds. The number of rotatable bonds is 6. The zero-order valence-electron chi connectivity index (χ0n) is 13.7. The van der Waals surface area contributed by atoms with E-state index in [0.717, 1.165) is 12.1 Å². The van der Waals surface area contributed by atoms with Crippen molar-refractivity contribution in [1.82, 2.24) is 0 Å². The maximum Gasteiger partial charge on any atom is 0.270 e. The highest BCUT2D eigenvalue weighted by atomic mass is 16.6. The number of hydrogen-bond acceptors (Lipinski definition) is 3. The van der Waals surface area contributed by atoms with Crippen molar-refractivity contribution in [2.24, 2.45) is 0 Å². The smallest absolute Gasteiger partial charge is 0.270 e. The molecule has 0 radical (unpaired) electrons. The number of benzene rings is 2. The summed E-state index contributed by atoms with van der Waals surface area (Å²) in [5.41, 5.74) is 2.56. The summed E-state index contributed by atoms with van der Waals surface area (Å²) in [6.07, 6.45) is 3.98. The van der Waals surface area contributed by atoms with E-state index in [4.69, 9.17) is 0 Å². The van der Waals surface area contributed by atoms with Gasteiger partial charge in [-0.3, -0.25) is 14.9 Å². The van der Waals surface area contributed by atoms with Crippen molar-refractivity contribution < 1.29 is 9.72 Å². The minimum Gasteiger partial charge on any atom is -0.323 e. The number of anilines is 1. The number of nitrogens with one attached hydrogen (secondary N) is 1. The topological polar surface area (TPSA) is 72.2 Å². The van der Waals surface area contributed by atoms with Crippen molar-refractivity contribution in [3.05, 3.63) is 75.8 Å². The SMILES string of the molecule is CC[C@H](C)c1ccc(NC(=O)/C=C/c2cccc([N+](=O)[O-])c2)cc1. The van der Waals surface area contributed by atoms with Crippen LogP contribution in [0.25, 0.3) is 6.08 Å². The Morgan fingerprint density at radius 3 is 2.58 bits per heavy atom. The molecule has 0 bridgehead atoms. The van der Waals surface area contributed by atoms with Crippen LogP contribution in [-0.4, -0.2) is 10.8 Å². The molecule has 0 aliphatic heterocycles. The Bertz CT molecular complexity index is 751. The van der Waals surface area contributed by atoms with Crippen LogP contribution in [0.4, 0.5) is 11.4 Å². The van der Waals surface area contributed by atoms with Crippen molar-refractivity contribution in [1.29, 1.82) is 0 Å². The van der Waals surface area contributed by atoms with E-state index in [1.807, 2.05) is 24.3 Å². The molecule has 1 N–H and O–H groups in total. The van der Waals surface area contributed by atoms with Crippen LogP contribution in [0.15, 0.2) is 54.6 Å². The maximum atomic E-state index is 11.9. The molecule has 2 aromatic rings. The molecule has 0 unspecified atom stereocenters. The monoisotopic (exact) mass is 324 g/mol. The minimum absolute atomic E-state index is 0.00168. The van der Waals surface area contributed by atoms with Gasteiger partial charge in [0.1, 0.15) is 0 Å². The lowest BCUT2D eigenvalue weighted by atomic mass is 9.99. The summed E-state index contributed by atoms with van der Waals surface area (Å²) in [5.74, 6) is 0.210. The van der Waals surface area contributed by atoms with Crippen molar-refractivity contribution in [2.75, 3.05) is 5.32 Å². The van der Waals surface area contributed by atoms with E-state index in [0.29, 0.717) is 11.5 Å². The van der Waals surface area contributed by atoms with Gasteiger partial charge < -0.3 is 5.32 Å². The molecule has 0 aliphatic carbocycles. The molecule has 2 aromatic carbocycles. The summed E-state index contributed by atoms with van der Waals surface area (Å²) in [6.45, 7) is 4.30. The van der Waals surface area contributed by atoms with Gasteiger partial charge in [-0.25, -0.2) is 0 Å².